The summed E-state index contributed by atoms with van der Waals surface area (Å²) in [6.07, 6.45) is 4.90. The minimum Gasteiger partial charge on any atom is -0.463 e. The highest BCUT2D eigenvalue weighted by atomic mass is 16.4. The van der Waals surface area contributed by atoms with E-state index >= 15 is 0 Å². The zero-order valence-corrected chi connectivity index (χ0v) is 12.2. The molecule has 2 saturated carbocycles. The summed E-state index contributed by atoms with van der Waals surface area (Å²) in [5.74, 6) is 2.75. The van der Waals surface area contributed by atoms with Crippen LogP contribution in [0.25, 0.3) is 0 Å². The van der Waals surface area contributed by atoms with E-state index in [1.165, 1.54) is 25.7 Å². The van der Waals surface area contributed by atoms with Crippen molar-refractivity contribution in [3.63, 3.8) is 0 Å². The lowest BCUT2D eigenvalue weighted by Crippen LogP contribution is -2.39. The van der Waals surface area contributed by atoms with Gasteiger partial charge in [-0.3, -0.25) is 4.79 Å². The van der Waals surface area contributed by atoms with E-state index in [0.29, 0.717) is 17.6 Å². The van der Waals surface area contributed by atoms with Crippen LogP contribution in [0.5, 0.6) is 0 Å². The maximum Gasteiger partial charge on any atom is 0.223 e. The fourth-order valence-electron chi connectivity index (χ4n) is 3.57. The first-order chi connectivity index (χ1) is 9.49. The molecule has 0 aliphatic heterocycles. The highest BCUT2D eigenvalue weighted by Gasteiger charge is 2.54. The van der Waals surface area contributed by atoms with E-state index < -0.39 is 5.60 Å². The standard InChI is InChI=1S/C16H23NO3/c1-10-7-8-13(20-10)16(2,19)9-17-15(18)14-11-5-3-4-6-12(11)14/h7-8,11-12,14,19H,3-6,9H2,1-2H3,(H,17,18). The normalized spacial score (nSPS) is 31.2. The summed E-state index contributed by atoms with van der Waals surface area (Å²) in [6, 6.07) is 3.58. The molecule has 1 heterocycles. The predicted octanol–water partition coefficient (Wildman–Crippen LogP) is 2.35. The third-order valence-corrected chi connectivity index (χ3v) is 4.84. The predicted molar refractivity (Wildman–Crippen MR) is 75.0 cm³/mol. The minimum absolute atomic E-state index is 0.102. The number of furan rings is 1. The van der Waals surface area contributed by atoms with Gasteiger partial charge in [0.2, 0.25) is 5.91 Å². The molecule has 3 atom stereocenters. The van der Waals surface area contributed by atoms with Crippen molar-refractivity contribution in [1.82, 2.24) is 5.32 Å². The molecule has 4 nitrogen and oxygen atoms in total. The molecule has 20 heavy (non-hydrogen) atoms. The fourth-order valence-corrected chi connectivity index (χ4v) is 3.57. The SMILES string of the molecule is Cc1ccc(C(C)(O)CNC(=O)C2C3CCCCC32)o1. The second kappa shape index (κ2) is 4.92. The van der Waals surface area contributed by atoms with E-state index in [4.69, 9.17) is 4.42 Å². The number of nitrogens with one attached hydrogen (secondary N) is 1. The van der Waals surface area contributed by atoms with Gasteiger partial charge in [0.15, 0.2) is 0 Å². The molecule has 2 aliphatic rings. The highest BCUT2D eigenvalue weighted by molar-refractivity contribution is 5.82. The Morgan fingerprint density at radius 3 is 2.60 bits per heavy atom. The van der Waals surface area contributed by atoms with Crippen molar-refractivity contribution in [2.75, 3.05) is 6.54 Å². The molecular formula is C16H23NO3. The Morgan fingerprint density at radius 1 is 1.40 bits per heavy atom. The molecule has 1 aromatic heterocycles. The zero-order chi connectivity index (χ0) is 14.3. The van der Waals surface area contributed by atoms with Crippen molar-refractivity contribution in [3.05, 3.63) is 23.7 Å². The van der Waals surface area contributed by atoms with E-state index in [0.717, 1.165) is 5.76 Å². The minimum atomic E-state index is -1.15. The number of aliphatic hydroxyl groups is 1. The summed E-state index contributed by atoms with van der Waals surface area (Å²) < 4.78 is 5.45. The molecular weight excluding hydrogens is 254 g/mol. The molecule has 1 aromatic rings. The number of hydrogen-bond donors (Lipinski definition) is 2. The molecule has 2 fully saturated rings. The maximum absolute atomic E-state index is 12.2. The molecule has 3 unspecified atom stereocenters. The maximum atomic E-state index is 12.2. The molecule has 0 spiro atoms. The number of rotatable bonds is 4. The Hall–Kier alpha value is -1.29. The number of carbonyl (C=O) groups is 1. The van der Waals surface area contributed by atoms with Crippen LogP contribution in [0.4, 0.5) is 0 Å². The first-order valence-corrected chi connectivity index (χ1v) is 7.56. The molecule has 2 aliphatic carbocycles. The van der Waals surface area contributed by atoms with E-state index in [9.17, 15) is 9.90 Å². The van der Waals surface area contributed by atoms with Crippen molar-refractivity contribution in [1.29, 1.82) is 0 Å². The summed E-state index contributed by atoms with van der Waals surface area (Å²) >= 11 is 0. The summed E-state index contributed by atoms with van der Waals surface area (Å²) in [4.78, 5) is 12.2. The molecule has 2 N–H and O–H groups in total. The van der Waals surface area contributed by atoms with Gasteiger partial charge in [0.1, 0.15) is 17.1 Å². The average Bonchev–Trinajstić information content (AvgIpc) is 2.99. The van der Waals surface area contributed by atoms with Crippen LogP contribution in [0.1, 0.15) is 44.1 Å². The number of carbonyl (C=O) groups excluding carboxylic acids is 1. The summed E-state index contributed by atoms with van der Waals surface area (Å²) in [5.41, 5.74) is -1.15. The van der Waals surface area contributed by atoms with Gasteiger partial charge < -0.3 is 14.8 Å². The van der Waals surface area contributed by atoms with Gasteiger partial charge in [-0.2, -0.15) is 0 Å². The fraction of sp³-hybridized carbons (Fsp3) is 0.688. The molecule has 110 valence electrons. The number of amides is 1. The Labute approximate surface area is 119 Å². The quantitative estimate of drug-likeness (QED) is 0.888. The van der Waals surface area contributed by atoms with E-state index in [1.54, 1.807) is 13.0 Å². The molecule has 0 radical (unpaired) electrons. The van der Waals surface area contributed by atoms with Crippen LogP contribution < -0.4 is 5.32 Å². The largest absolute Gasteiger partial charge is 0.463 e. The van der Waals surface area contributed by atoms with Crippen molar-refractivity contribution in [2.45, 2.75) is 45.1 Å². The van der Waals surface area contributed by atoms with Gasteiger partial charge >= 0.3 is 0 Å². The number of hydrogen-bond acceptors (Lipinski definition) is 3. The first kappa shape index (κ1) is 13.7. The lowest BCUT2D eigenvalue weighted by molar-refractivity contribution is -0.124. The monoisotopic (exact) mass is 277 g/mol. The molecule has 0 saturated heterocycles. The van der Waals surface area contributed by atoms with Crippen LogP contribution in [0.15, 0.2) is 16.5 Å². The van der Waals surface area contributed by atoms with Gasteiger partial charge in [0.25, 0.3) is 0 Å². The average molecular weight is 277 g/mol. The van der Waals surface area contributed by atoms with Crippen LogP contribution in [-0.2, 0) is 10.4 Å². The molecule has 0 aromatic carbocycles. The Bertz CT molecular complexity index is 494. The third-order valence-electron chi connectivity index (χ3n) is 4.84. The van der Waals surface area contributed by atoms with Crippen molar-refractivity contribution < 1.29 is 14.3 Å². The first-order valence-electron chi connectivity index (χ1n) is 7.56. The van der Waals surface area contributed by atoms with Crippen LogP contribution >= 0.6 is 0 Å². The van der Waals surface area contributed by atoms with Gasteiger partial charge in [-0.15, -0.1) is 0 Å². The second-order valence-corrected chi connectivity index (χ2v) is 6.54. The van der Waals surface area contributed by atoms with E-state index in [-0.39, 0.29) is 18.4 Å². The van der Waals surface area contributed by atoms with Gasteiger partial charge in [-0.1, -0.05) is 12.8 Å². The van der Waals surface area contributed by atoms with Crippen LogP contribution in [0, 0.1) is 24.7 Å². The highest BCUT2D eigenvalue weighted by Crippen LogP contribution is 2.55. The third kappa shape index (κ3) is 2.49. The number of aryl methyl sites for hydroxylation is 1. The van der Waals surface area contributed by atoms with Gasteiger partial charge in [0.05, 0.1) is 6.54 Å². The second-order valence-electron chi connectivity index (χ2n) is 6.54. The van der Waals surface area contributed by atoms with Crippen LogP contribution in [0.2, 0.25) is 0 Å². The molecule has 0 bridgehead atoms. The van der Waals surface area contributed by atoms with Crippen molar-refractivity contribution in [2.24, 2.45) is 17.8 Å². The molecule has 1 amide bonds. The topological polar surface area (TPSA) is 62.5 Å². The lowest BCUT2D eigenvalue weighted by Gasteiger charge is -2.21. The van der Waals surface area contributed by atoms with Crippen LogP contribution in [0.3, 0.4) is 0 Å². The zero-order valence-electron chi connectivity index (χ0n) is 12.2. The Kier molecular flexibility index (Phi) is 3.36. The summed E-state index contributed by atoms with van der Waals surface area (Å²) in [7, 11) is 0. The number of fused-ring (bicyclic) bond motifs is 1. The Balaban J connectivity index is 1.55. The summed E-state index contributed by atoms with van der Waals surface area (Å²) in [6.45, 7) is 3.72. The van der Waals surface area contributed by atoms with Crippen molar-refractivity contribution in [3.8, 4) is 0 Å². The smallest absolute Gasteiger partial charge is 0.223 e. The van der Waals surface area contributed by atoms with Crippen LogP contribution in [-0.4, -0.2) is 17.6 Å². The van der Waals surface area contributed by atoms with E-state index in [2.05, 4.69) is 5.32 Å². The van der Waals surface area contributed by atoms with Gasteiger partial charge in [-0.05, 0) is 50.7 Å². The summed E-state index contributed by atoms with van der Waals surface area (Å²) in [5, 5.41) is 13.3. The van der Waals surface area contributed by atoms with Gasteiger partial charge in [0, 0.05) is 5.92 Å². The molecule has 3 rings (SSSR count). The van der Waals surface area contributed by atoms with Gasteiger partial charge in [-0.25, -0.2) is 0 Å². The van der Waals surface area contributed by atoms with E-state index in [1.807, 2.05) is 13.0 Å². The Morgan fingerprint density at radius 2 is 2.05 bits per heavy atom. The molecule has 4 heteroatoms. The van der Waals surface area contributed by atoms with Crippen molar-refractivity contribution >= 4 is 5.91 Å². The lowest BCUT2D eigenvalue weighted by atomic mass is 10.0.